The molecule has 196 valence electrons. The number of rotatable bonds is 5. The molecule has 0 atom stereocenters. The third-order valence-electron chi connectivity index (χ3n) is 7.41. The normalized spacial score (nSPS) is 11.1. The van der Waals surface area contributed by atoms with Crippen molar-refractivity contribution in [3.63, 3.8) is 0 Å². The van der Waals surface area contributed by atoms with Crippen LogP contribution in [0.25, 0.3) is 61.8 Å². The van der Waals surface area contributed by atoms with Gasteiger partial charge in [0.25, 0.3) is 0 Å². The Labute approximate surface area is 237 Å². The van der Waals surface area contributed by atoms with Gasteiger partial charge in [-0.05, 0) is 41.5 Å². The number of para-hydroxylation sites is 1. The summed E-state index contributed by atoms with van der Waals surface area (Å²) in [4.78, 5) is 23.0. The van der Waals surface area contributed by atoms with Crippen LogP contribution in [0.3, 0.4) is 0 Å². The number of aryl methyl sites for hydroxylation is 1. The van der Waals surface area contributed by atoms with Gasteiger partial charge in [-0.15, -0.1) is 0 Å². The van der Waals surface area contributed by atoms with E-state index in [1.54, 1.807) is 9.13 Å². The van der Waals surface area contributed by atoms with E-state index in [1.807, 2.05) is 98.0 Å². The van der Waals surface area contributed by atoms with Gasteiger partial charge in [-0.3, -0.25) is 9.13 Å². The number of nitrogens with zero attached hydrogens (tertiary/aromatic N) is 4. The second-order valence-electron chi connectivity index (χ2n) is 9.99. The van der Waals surface area contributed by atoms with Crippen LogP contribution >= 0.6 is 0 Å². The van der Waals surface area contributed by atoms with Crippen LogP contribution < -0.4 is 5.69 Å². The predicted molar refractivity (Wildman–Crippen MR) is 166 cm³/mol. The maximum atomic E-state index is 13.1. The van der Waals surface area contributed by atoms with Gasteiger partial charge in [0, 0.05) is 23.7 Å². The van der Waals surface area contributed by atoms with Crippen LogP contribution in [0.1, 0.15) is 0 Å². The van der Waals surface area contributed by atoms with Crippen LogP contribution in [-0.4, -0.2) is 19.1 Å². The molecule has 0 saturated heterocycles. The van der Waals surface area contributed by atoms with E-state index in [0.717, 1.165) is 55.9 Å². The molecule has 0 spiro atoms. The molecule has 0 aliphatic heterocycles. The van der Waals surface area contributed by atoms with Gasteiger partial charge < -0.3 is 0 Å². The number of aromatic nitrogens is 4. The molecule has 0 N–H and O–H groups in total. The molecule has 0 aliphatic carbocycles. The highest BCUT2D eigenvalue weighted by Crippen LogP contribution is 2.30. The third kappa shape index (κ3) is 4.53. The molecule has 0 bridgehead atoms. The van der Waals surface area contributed by atoms with Crippen LogP contribution in [-0.2, 0) is 7.05 Å². The zero-order valence-electron chi connectivity index (χ0n) is 22.5. The van der Waals surface area contributed by atoms with E-state index in [-0.39, 0.29) is 5.69 Å². The minimum absolute atomic E-state index is 0.0640. The lowest BCUT2D eigenvalue weighted by Gasteiger charge is -2.10. The van der Waals surface area contributed by atoms with Crippen molar-refractivity contribution in [2.45, 2.75) is 0 Å². The Kier molecular flexibility index (Phi) is 6.10. The Morgan fingerprint density at radius 1 is 0.488 bits per heavy atom. The summed E-state index contributed by atoms with van der Waals surface area (Å²) in [6.07, 6.45) is 0. The van der Waals surface area contributed by atoms with Crippen LogP contribution in [0, 0.1) is 0 Å². The molecule has 0 aliphatic rings. The molecule has 0 fully saturated rings. The highest BCUT2D eigenvalue weighted by atomic mass is 16.1. The average molecular weight is 531 g/mol. The van der Waals surface area contributed by atoms with Crippen molar-refractivity contribution >= 4 is 11.0 Å². The summed E-state index contributed by atoms with van der Waals surface area (Å²) in [6.45, 7) is 0. The second kappa shape index (κ2) is 10.2. The molecule has 41 heavy (non-hydrogen) atoms. The van der Waals surface area contributed by atoms with E-state index >= 15 is 0 Å². The van der Waals surface area contributed by atoms with Crippen LogP contribution in [0.15, 0.2) is 144 Å². The van der Waals surface area contributed by atoms with Crippen LogP contribution in [0.2, 0.25) is 0 Å². The lowest BCUT2D eigenvalue weighted by atomic mass is 10.0. The fourth-order valence-electron chi connectivity index (χ4n) is 5.25. The number of benzene rings is 5. The van der Waals surface area contributed by atoms with Crippen molar-refractivity contribution in [2.24, 2.45) is 7.05 Å². The summed E-state index contributed by atoms with van der Waals surface area (Å²) in [5.74, 6) is 0.694. The van der Waals surface area contributed by atoms with E-state index in [0.29, 0.717) is 5.82 Å². The summed E-state index contributed by atoms with van der Waals surface area (Å²) in [5, 5.41) is 0. The van der Waals surface area contributed by atoms with Crippen LogP contribution in [0.5, 0.6) is 0 Å². The first-order valence-corrected chi connectivity index (χ1v) is 13.5. The van der Waals surface area contributed by atoms with Crippen molar-refractivity contribution in [3.05, 3.63) is 150 Å². The zero-order chi connectivity index (χ0) is 27.8. The number of imidazole rings is 1. The van der Waals surface area contributed by atoms with Gasteiger partial charge in [0.15, 0.2) is 5.82 Å². The summed E-state index contributed by atoms with van der Waals surface area (Å²) in [5.41, 5.74) is 9.43. The first-order chi connectivity index (χ1) is 20.2. The van der Waals surface area contributed by atoms with E-state index < -0.39 is 0 Å². The first kappa shape index (κ1) is 24.5. The topological polar surface area (TPSA) is 52.7 Å². The minimum Gasteiger partial charge on any atom is -0.295 e. The fraction of sp³-hybridized carbons (Fsp3) is 0.0278. The number of hydrogen-bond donors (Lipinski definition) is 0. The lowest BCUT2D eigenvalue weighted by molar-refractivity contribution is 0.846. The molecule has 0 radical (unpaired) electrons. The smallest absolute Gasteiger partial charge is 0.295 e. The number of hydrogen-bond acceptors (Lipinski definition) is 3. The molecular formula is C36H26N4O. The Hall–Kier alpha value is -5.55. The Morgan fingerprint density at radius 2 is 1.00 bits per heavy atom. The Morgan fingerprint density at radius 3 is 1.63 bits per heavy atom. The monoisotopic (exact) mass is 530 g/mol. The second-order valence-corrected chi connectivity index (χ2v) is 9.99. The van der Waals surface area contributed by atoms with Gasteiger partial charge in [-0.25, -0.2) is 14.8 Å². The molecule has 2 heterocycles. The van der Waals surface area contributed by atoms with Gasteiger partial charge in [0.1, 0.15) is 0 Å². The predicted octanol–water partition coefficient (Wildman–Crippen LogP) is 7.79. The van der Waals surface area contributed by atoms with Gasteiger partial charge in [0.2, 0.25) is 0 Å². The lowest BCUT2D eigenvalue weighted by Crippen LogP contribution is -2.20. The number of fused-ring (bicyclic) bond motifs is 1. The molecule has 5 heteroatoms. The molecule has 7 aromatic rings. The quantitative estimate of drug-likeness (QED) is 0.228. The van der Waals surface area contributed by atoms with Crippen molar-refractivity contribution in [3.8, 4) is 50.7 Å². The molecule has 0 saturated carbocycles. The SMILES string of the molecule is Cn1c(=O)n(-c2ccccc2)c2cc(-c3ccc(-c4cc(-c5ccccc5)nc(-c5ccccc5)n4)cc3)ccc21. The zero-order valence-corrected chi connectivity index (χ0v) is 22.5. The van der Waals surface area contributed by atoms with Crippen LogP contribution in [0.4, 0.5) is 0 Å². The molecular weight excluding hydrogens is 504 g/mol. The largest absolute Gasteiger partial charge is 0.333 e. The van der Waals surface area contributed by atoms with Gasteiger partial charge in [-0.2, -0.15) is 0 Å². The standard InChI is InChI=1S/C36H26N4O/c1-39-33-22-21-29(23-34(33)40(36(39)41)30-15-9-4-10-16-30)25-17-19-27(20-18-25)32-24-31(26-11-5-2-6-12-26)37-35(38-32)28-13-7-3-8-14-28/h2-24H,1H3. The van der Waals surface area contributed by atoms with Crippen molar-refractivity contribution in [1.82, 2.24) is 19.1 Å². The van der Waals surface area contributed by atoms with Gasteiger partial charge >= 0.3 is 5.69 Å². The summed E-state index contributed by atoms with van der Waals surface area (Å²) in [6, 6.07) is 46.6. The molecule has 5 aromatic carbocycles. The van der Waals surface area contributed by atoms with Gasteiger partial charge in [-0.1, -0.05) is 109 Å². The van der Waals surface area contributed by atoms with E-state index in [9.17, 15) is 4.79 Å². The van der Waals surface area contributed by atoms with E-state index in [2.05, 4.69) is 48.5 Å². The van der Waals surface area contributed by atoms with Crippen molar-refractivity contribution in [2.75, 3.05) is 0 Å². The average Bonchev–Trinajstić information content (AvgIpc) is 3.30. The highest BCUT2D eigenvalue weighted by molar-refractivity contribution is 5.84. The highest BCUT2D eigenvalue weighted by Gasteiger charge is 2.14. The summed E-state index contributed by atoms with van der Waals surface area (Å²) in [7, 11) is 1.81. The van der Waals surface area contributed by atoms with Gasteiger partial charge in [0.05, 0.1) is 28.1 Å². The molecule has 0 amide bonds. The minimum atomic E-state index is -0.0640. The van der Waals surface area contributed by atoms with Crippen molar-refractivity contribution < 1.29 is 0 Å². The fourth-order valence-corrected chi connectivity index (χ4v) is 5.25. The Balaban J connectivity index is 1.30. The molecule has 2 aromatic heterocycles. The Bertz CT molecular complexity index is 1990. The summed E-state index contributed by atoms with van der Waals surface area (Å²) < 4.78 is 3.46. The maximum Gasteiger partial charge on any atom is 0.333 e. The molecule has 0 unspecified atom stereocenters. The van der Waals surface area contributed by atoms with E-state index in [4.69, 9.17) is 9.97 Å². The summed E-state index contributed by atoms with van der Waals surface area (Å²) >= 11 is 0. The van der Waals surface area contributed by atoms with Crippen molar-refractivity contribution in [1.29, 1.82) is 0 Å². The first-order valence-electron chi connectivity index (χ1n) is 13.5. The molecule has 5 nitrogen and oxygen atoms in total. The molecule has 7 rings (SSSR count). The van der Waals surface area contributed by atoms with E-state index in [1.165, 1.54) is 0 Å². The third-order valence-corrected chi connectivity index (χ3v) is 7.41. The maximum absolute atomic E-state index is 13.1.